The van der Waals surface area contributed by atoms with E-state index in [2.05, 4.69) is 10.3 Å². The van der Waals surface area contributed by atoms with Gasteiger partial charge in [-0.1, -0.05) is 22.4 Å². The monoisotopic (exact) mass is 394 g/mol. The van der Waals surface area contributed by atoms with Gasteiger partial charge in [-0.3, -0.25) is 0 Å². The fourth-order valence-electron chi connectivity index (χ4n) is 2.35. The number of halogens is 3. The zero-order valence-corrected chi connectivity index (χ0v) is 15.8. The zero-order valence-electron chi connectivity index (χ0n) is 15.8. The lowest BCUT2D eigenvalue weighted by molar-refractivity contribution is -0.137. The average Bonchev–Trinajstić information content (AvgIpc) is 2.67. The van der Waals surface area contributed by atoms with Gasteiger partial charge in [0.15, 0.2) is 0 Å². The molecule has 0 saturated heterocycles. The van der Waals surface area contributed by atoms with Crippen LogP contribution in [-0.4, -0.2) is 25.1 Å². The lowest BCUT2D eigenvalue weighted by atomic mass is 10.1. The van der Waals surface area contributed by atoms with E-state index in [-0.39, 0.29) is 6.61 Å². The molecule has 0 amide bonds. The highest BCUT2D eigenvalue weighted by Crippen LogP contribution is 2.29. The molecule has 8 heteroatoms. The summed E-state index contributed by atoms with van der Waals surface area (Å²) < 4.78 is 43.9. The van der Waals surface area contributed by atoms with E-state index in [0.717, 1.165) is 17.7 Å². The van der Waals surface area contributed by atoms with Crippen LogP contribution in [0.25, 0.3) is 0 Å². The lowest BCUT2D eigenvalue weighted by Crippen LogP contribution is -2.13. The molecule has 2 aromatic rings. The van der Waals surface area contributed by atoms with Crippen LogP contribution >= 0.6 is 0 Å². The molecule has 0 fully saturated rings. The van der Waals surface area contributed by atoms with Crippen molar-refractivity contribution >= 4 is 11.4 Å². The van der Waals surface area contributed by atoms with Crippen LogP contribution in [0.2, 0.25) is 0 Å². The molecular formula is C20H21F3N2O3. The third-order valence-electron chi connectivity index (χ3n) is 3.64. The van der Waals surface area contributed by atoms with E-state index in [1.807, 2.05) is 6.92 Å². The van der Waals surface area contributed by atoms with E-state index in [9.17, 15) is 13.2 Å². The Balaban J connectivity index is 2.11. The highest BCUT2D eigenvalue weighted by atomic mass is 19.4. The smallest absolute Gasteiger partial charge is 0.416 e. The van der Waals surface area contributed by atoms with E-state index < -0.39 is 11.7 Å². The molecule has 0 aliphatic heterocycles. The van der Waals surface area contributed by atoms with Crippen LogP contribution in [0.5, 0.6) is 5.75 Å². The number of hydrogen-bond donors (Lipinski definition) is 0. The minimum absolute atomic E-state index is 0.0212. The molecule has 0 heterocycles. The predicted octanol–water partition coefficient (Wildman–Crippen LogP) is 5.05. The summed E-state index contributed by atoms with van der Waals surface area (Å²) in [5, 5.41) is 7.91. The molecule has 0 aromatic heterocycles. The van der Waals surface area contributed by atoms with E-state index >= 15 is 0 Å². The van der Waals surface area contributed by atoms with Crippen molar-refractivity contribution in [2.75, 3.05) is 13.7 Å². The van der Waals surface area contributed by atoms with Crippen LogP contribution in [-0.2, 0) is 22.5 Å². The summed E-state index contributed by atoms with van der Waals surface area (Å²) in [7, 11) is 1.44. The number of oxime groups is 2. The van der Waals surface area contributed by atoms with Gasteiger partial charge < -0.3 is 14.4 Å². The second-order valence-corrected chi connectivity index (χ2v) is 5.73. The van der Waals surface area contributed by atoms with Gasteiger partial charge in [0.25, 0.3) is 0 Å². The van der Waals surface area contributed by atoms with Crippen LogP contribution in [0.4, 0.5) is 13.2 Å². The Hall–Kier alpha value is -3.03. The predicted molar refractivity (Wildman–Crippen MR) is 100 cm³/mol. The molecule has 0 radical (unpaired) electrons. The first-order valence-electron chi connectivity index (χ1n) is 8.52. The third-order valence-corrected chi connectivity index (χ3v) is 3.64. The van der Waals surface area contributed by atoms with Crippen molar-refractivity contribution in [2.24, 2.45) is 10.3 Å². The molecule has 150 valence electrons. The van der Waals surface area contributed by atoms with Crippen molar-refractivity contribution in [1.29, 1.82) is 0 Å². The number of rotatable bonds is 8. The fourth-order valence-corrected chi connectivity index (χ4v) is 2.35. The molecule has 0 aliphatic carbocycles. The molecule has 0 bridgehead atoms. The topological polar surface area (TPSA) is 52.4 Å². The number of hydrogen-bond acceptors (Lipinski definition) is 5. The lowest BCUT2D eigenvalue weighted by Gasteiger charge is -2.11. The summed E-state index contributed by atoms with van der Waals surface area (Å²) in [6.07, 6.45) is -4.38. The molecule has 0 aliphatic rings. The average molecular weight is 394 g/mol. The molecule has 28 heavy (non-hydrogen) atoms. The van der Waals surface area contributed by atoms with Gasteiger partial charge >= 0.3 is 6.18 Å². The summed E-state index contributed by atoms with van der Waals surface area (Å²) in [6.45, 7) is 3.98. The summed E-state index contributed by atoms with van der Waals surface area (Å²) >= 11 is 0. The van der Waals surface area contributed by atoms with Crippen LogP contribution in [0.3, 0.4) is 0 Å². The Bertz CT molecular complexity index is 831. The van der Waals surface area contributed by atoms with Crippen molar-refractivity contribution in [2.45, 2.75) is 26.6 Å². The van der Waals surface area contributed by atoms with Crippen LogP contribution < -0.4 is 4.74 Å². The van der Waals surface area contributed by atoms with Crippen molar-refractivity contribution in [1.82, 2.24) is 0 Å². The van der Waals surface area contributed by atoms with E-state index in [1.165, 1.54) is 13.2 Å². The molecular weight excluding hydrogens is 373 g/mol. The second-order valence-electron chi connectivity index (χ2n) is 5.73. The Morgan fingerprint density at radius 2 is 1.75 bits per heavy atom. The van der Waals surface area contributed by atoms with Crippen LogP contribution in [0.15, 0.2) is 58.8 Å². The normalized spacial score (nSPS) is 12.6. The SMILES string of the molecule is CCON=C(C(C)=NOC)c1ccc(OCc2cccc(C(F)(F)F)c2)cc1. The van der Waals surface area contributed by atoms with Gasteiger partial charge in [-0.2, -0.15) is 13.2 Å². The largest absolute Gasteiger partial charge is 0.489 e. The van der Waals surface area contributed by atoms with Gasteiger partial charge in [0.1, 0.15) is 37.5 Å². The van der Waals surface area contributed by atoms with Gasteiger partial charge in [0.05, 0.1) is 5.56 Å². The Labute approximate surface area is 161 Å². The van der Waals surface area contributed by atoms with E-state index in [0.29, 0.717) is 29.3 Å². The maximum absolute atomic E-state index is 12.8. The number of nitrogens with zero attached hydrogens (tertiary/aromatic N) is 2. The summed E-state index contributed by atoms with van der Waals surface area (Å²) in [5.74, 6) is 0.512. The quantitative estimate of drug-likeness (QED) is 0.465. The molecule has 5 nitrogen and oxygen atoms in total. The maximum atomic E-state index is 12.8. The Kier molecular flexibility index (Phi) is 7.43. The van der Waals surface area contributed by atoms with Gasteiger partial charge in [-0.15, -0.1) is 0 Å². The Morgan fingerprint density at radius 3 is 2.36 bits per heavy atom. The zero-order chi connectivity index (χ0) is 20.6. The minimum Gasteiger partial charge on any atom is -0.489 e. The van der Waals surface area contributed by atoms with Crippen LogP contribution in [0, 0.1) is 0 Å². The van der Waals surface area contributed by atoms with Crippen molar-refractivity contribution in [3.63, 3.8) is 0 Å². The Morgan fingerprint density at radius 1 is 1.04 bits per heavy atom. The number of ether oxygens (including phenoxy) is 1. The maximum Gasteiger partial charge on any atom is 0.416 e. The molecule has 0 atom stereocenters. The van der Waals surface area contributed by atoms with Crippen molar-refractivity contribution < 1.29 is 27.6 Å². The highest BCUT2D eigenvalue weighted by Gasteiger charge is 2.30. The van der Waals surface area contributed by atoms with Crippen molar-refractivity contribution in [3.8, 4) is 5.75 Å². The first-order chi connectivity index (χ1) is 13.3. The molecule has 0 saturated carbocycles. The first kappa shape index (κ1) is 21.3. The number of benzene rings is 2. The van der Waals surface area contributed by atoms with E-state index in [1.54, 1.807) is 37.3 Å². The first-order valence-corrected chi connectivity index (χ1v) is 8.52. The summed E-state index contributed by atoms with van der Waals surface area (Å²) in [4.78, 5) is 9.90. The summed E-state index contributed by atoms with van der Waals surface area (Å²) in [6, 6.07) is 12.0. The minimum atomic E-state index is -4.38. The molecule has 0 unspecified atom stereocenters. The van der Waals surface area contributed by atoms with Gasteiger partial charge in [0.2, 0.25) is 0 Å². The third kappa shape index (κ3) is 6.00. The summed E-state index contributed by atoms with van der Waals surface area (Å²) in [5.41, 5.74) is 1.51. The van der Waals surface area contributed by atoms with E-state index in [4.69, 9.17) is 14.4 Å². The standard InChI is InChI=1S/C20H21F3N2O3/c1-4-28-25-19(14(2)24-26-3)16-8-10-18(11-9-16)27-13-15-6-5-7-17(12-15)20(21,22)23/h5-12H,4,13H2,1-3H3. The highest BCUT2D eigenvalue weighted by molar-refractivity contribution is 6.47. The van der Waals surface area contributed by atoms with Crippen LogP contribution in [0.1, 0.15) is 30.5 Å². The fraction of sp³-hybridized carbons (Fsp3) is 0.300. The van der Waals surface area contributed by atoms with Gasteiger partial charge in [-0.05, 0) is 55.8 Å². The number of alkyl halides is 3. The molecule has 0 spiro atoms. The van der Waals surface area contributed by atoms with Gasteiger partial charge in [-0.25, -0.2) is 0 Å². The molecule has 2 rings (SSSR count). The van der Waals surface area contributed by atoms with Gasteiger partial charge in [0, 0.05) is 5.56 Å². The molecule has 0 N–H and O–H groups in total. The molecule has 2 aromatic carbocycles. The second kappa shape index (κ2) is 9.77. The van der Waals surface area contributed by atoms with Crippen molar-refractivity contribution in [3.05, 3.63) is 65.2 Å².